The molecule has 3 heterocycles. The van der Waals surface area contributed by atoms with Gasteiger partial charge in [-0.05, 0) is 82.4 Å². The minimum Gasteiger partial charge on any atom is -0.367 e. The maximum absolute atomic E-state index is 13.1. The highest BCUT2D eigenvalue weighted by Crippen LogP contribution is 2.32. The van der Waals surface area contributed by atoms with E-state index in [1.54, 1.807) is 25.4 Å². The smallest absolute Gasteiger partial charge is 0.238 e. The number of fused-ring (bicyclic) bond motifs is 1. The number of nitrogen functional groups attached to an aromatic ring is 1. The number of likely N-dealkylation sites (tertiary alicyclic amines) is 1. The Balaban J connectivity index is 0. The van der Waals surface area contributed by atoms with E-state index in [1.807, 2.05) is 77.0 Å². The molecule has 3 aromatic rings. The predicted molar refractivity (Wildman–Crippen MR) is 195 cm³/mol. The first-order valence-corrected chi connectivity index (χ1v) is 15.7. The number of azo groups is 1. The monoisotopic (exact) mass is 639 g/mol. The SMILES string of the molecule is C=C=C.CC.CC.CCCF.CN1CCCC(C)(F)C1.[B]C([B])(S)Cc1nc(N)nn2ccc(-c3ccc(N=NC)c(C)c3)c12. The first kappa shape index (κ1) is 44.2. The Morgan fingerprint density at radius 1 is 1.20 bits per heavy atom. The van der Waals surface area contributed by atoms with Gasteiger partial charge in [-0.25, -0.2) is 13.9 Å². The third-order valence-corrected chi connectivity index (χ3v) is 5.95. The van der Waals surface area contributed by atoms with E-state index in [0.29, 0.717) is 18.7 Å². The molecule has 1 unspecified atom stereocenters. The van der Waals surface area contributed by atoms with Crippen LogP contribution in [0.4, 0.5) is 20.4 Å². The zero-order chi connectivity index (χ0) is 35.2. The van der Waals surface area contributed by atoms with E-state index in [-0.39, 0.29) is 19.0 Å². The van der Waals surface area contributed by atoms with Crippen LogP contribution in [-0.4, -0.2) is 79.3 Å². The fourth-order valence-electron chi connectivity index (χ4n) is 4.22. The predicted octanol–water partition coefficient (Wildman–Crippen LogP) is 8.28. The van der Waals surface area contributed by atoms with E-state index in [9.17, 15) is 8.78 Å². The second-order valence-electron chi connectivity index (χ2n) is 10.1. The van der Waals surface area contributed by atoms with Crippen LogP contribution in [0.3, 0.4) is 0 Å². The number of aromatic nitrogens is 3. The lowest BCUT2D eigenvalue weighted by atomic mass is 9.67. The molecule has 45 heavy (non-hydrogen) atoms. The number of benzene rings is 1. The fourth-order valence-corrected chi connectivity index (χ4v) is 4.37. The maximum Gasteiger partial charge on any atom is 0.238 e. The van der Waals surface area contributed by atoms with Gasteiger partial charge in [0.2, 0.25) is 5.95 Å². The molecular weight excluding hydrogens is 586 g/mol. The van der Waals surface area contributed by atoms with Gasteiger partial charge in [-0.2, -0.15) is 22.9 Å². The Kier molecular flexibility index (Phi) is 23.0. The third-order valence-electron chi connectivity index (χ3n) is 5.79. The lowest BCUT2D eigenvalue weighted by Crippen LogP contribution is -2.40. The molecule has 1 aliphatic heterocycles. The van der Waals surface area contributed by atoms with E-state index < -0.39 is 10.2 Å². The van der Waals surface area contributed by atoms with Gasteiger partial charge in [-0.3, -0.25) is 4.39 Å². The van der Waals surface area contributed by atoms with Crippen LogP contribution in [0.25, 0.3) is 16.6 Å². The van der Waals surface area contributed by atoms with Crippen LogP contribution in [0.1, 0.15) is 72.1 Å². The number of rotatable bonds is 5. The van der Waals surface area contributed by atoms with Gasteiger partial charge in [0.05, 0.1) is 39.3 Å². The topological polar surface area (TPSA) is 84.2 Å². The van der Waals surface area contributed by atoms with Crippen molar-refractivity contribution < 1.29 is 8.78 Å². The van der Waals surface area contributed by atoms with Gasteiger partial charge in [0, 0.05) is 25.4 Å². The number of piperidine rings is 1. The second kappa shape index (κ2) is 23.4. The van der Waals surface area contributed by atoms with Gasteiger partial charge in [0.25, 0.3) is 0 Å². The Hall–Kier alpha value is -2.94. The molecule has 0 amide bonds. The molecule has 2 aromatic heterocycles. The molecule has 12 heteroatoms. The van der Waals surface area contributed by atoms with Crippen molar-refractivity contribution in [2.45, 2.75) is 84.4 Å². The molecule has 4 rings (SSSR count). The largest absolute Gasteiger partial charge is 0.367 e. The van der Waals surface area contributed by atoms with Crippen molar-refractivity contribution in [2.24, 2.45) is 10.2 Å². The summed E-state index contributed by atoms with van der Waals surface area (Å²) in [6.45, 7) is 21.2. The van der Waals surface area contributed by atoms with Gasteiger partial charge in [0.1, 0.15) is 5.67 Å². The van der Waals surface area contributed by atoms with Crippen LogP contribution in [0.2, 0.25) is 0 Å². The van der Waals surface area contributed by atoms with Crippen LogP contribution in [-0.2, 0) is 6.42 Å². The first-order valence-electron chi connectivity index (χ1n) is 15.3. The molecular formula is C33H53B2F2N7S. The molecule has 1 aliphatic rings. The number of anilines is 1. The summed E-state index contributed by atoms with van der Waals surface area (Å²) in [5.74, 6) is 0.150. The highest BCUT2D eigenvalue weighted by atomic mass is 32.1. The molecule has 0 bridgehead atoms. The van der Waals surface area contributed by atoms with Crippen molar-refractivity contribution in [1.82, 2.24) is 19.5 Å². The lowest BCUT2D eigenvalue weighted by Gasteiger charge is -2.32. The lowest BCUT2D eigenvalue weighted by molar-refractivity contribution is 0.0758. The van der Waals surface area contributed by atoms with Gasteiger partial charge in [0.15, 0.2) is 0 Å². The fraction of sp³-hybridized carbons (Fsp3) is 0.545. The molecule has 0 saturated carbocycles. The van der Waals surface area contributed by atoms with Gasteiger partial charge in [-0.1, -0.05) is 58.4 Å². The van der Waals surface area contributed by atoms with Crippen molar-refractivity contribution in [3.05, 3.63) is 60.6 Å². The molecule has 1 saturated heterocycles. The summed E-state index contributed by atoms with van der Waals surface area (Å²) in [6, 6.07) is 7.90. The number of halogens is 2. The minimum atomic E-state index is -1.20. The highest BCUT2D eigenvalue weighted by Gasteiger charge is 2.28. The van der Waals surface area contributed by atoms with Crippen LogP contribution >= 0.6 is 12.6 Å². The number of thiol groups is 1. The molecule has 246 valence electrons. The molecule has 0 spiro atoms. The Morgan fingerprint density at radius 3 is 2.20 bits per heavy atom. The molecule has 7 nitrogen and oxygen atoms in total. The Labute approximate surface area is 279 Å². The average molecular weight is 640 g/mol. The van der Waals surface area contributed by atoms with E-state index in [0.717, 1.165) is 47.3 Å². The number of nitrogens with two attached hydrogens (primary N) is 1. The summed E-state index contributed by atoms with van der Waals surface area (Å²) in [7, 11) is 15.3. The summed E-state index contributed by atoms with van der Waals surface area (Å²) >= 11 is 4.20. The molecule has 1 aromatic carbocycles. The van der Waals surface area contributed by atoms with Crippen molar-refractivity contribution in [3.63, 3.8) is 0 Å². The highest BCUT2D eigenvalue weighted by molar-refractivity contribution is 7.84. The standard InChI is InChI=1S/C16H16B2N6S.C7H14FN.C3H7F.C3H4.2C2H6/c1-9-7-10(3-4-12(9)22-20-2)11-5-6-24-14(11)13(8-16(17,18)25)21-15(19)23-24;1-7(8)4-3-5-9(2)6-7;1-2-3-4;1-3-2;2*1-2/h3-7,25H,8H2,1-2H3,(H2,19,23);3-6H2,1-2H3;2-3H2,1H3;1-2H2;2*1-2H3. The quantitative estimate of drug-likeness (QED) is 0.127. The number of alkyl halides is 2. The van der Waals surface area contributed by atoms with Gasteiger partial charge >= 0.3 is 0 Å². The number of aryl methyl sites for hydroxylation is 1. The molecule has 0 aliphatic carbocycles. The third kappa shape index (κ3) is 17.4. The van der Waals surface area contributed by atoms with Gasteiger partial charge in [-0.15, -0.1) is 10.8 Å². The summed E-state index contributed by atoms with van der Waals surface area (Å²) in [5, 5.41) is 12.2. The van der Waals surface area contributed by atoms with Crippen LogP contribution in [0, 0.1) is 6.92 Å². The summed E-state index contributed by atoms with van der Waals surface area (Å²) in [5.41, 5.74) is 12.4. The van der Waals surface area contributed by atoms with Crippen LogP contribution in [0.15, 0.2) is 59.6 Å². The van der Waals surface area contributed by atoms with E-state index >= 15 is 0 Å². The average Bonchev–Trinajstić information content (AvgIpc) is 3.40. The summed E-state index contributed by atoms with van der Waals surface area (Å²) in [4.78, 5) is 6.36. The maximum atomic E-state index is 13.1. The number of hydrogen-bond donors (Lipinski definition) is 2. The van der Waals surface area contributed by atoms with E-state index in [4.69, 9.17) is 21.4 Å². The normalized spacial score (nSPS) is 15.7. The molecule has 1 atom stereocenters. The second-order valence-corrected chi connectivity index (χ2v) is 10.9. The minimum absolute atomic E-state index is 0.150. The number of hydrogen-bond acceptors (Lipinski definition) is 7. The molecule has 2 N–H and O–H groups in total. The van der Waals surface area contributed by atoms with Crippen molar-refractivity contribution in [3.8, 4) is 11.1 Å². The first-order chi connectivity index (χ1) is 21.2. The zero-order valence-corrected chi connectivity index (χ0v) is 29.8. The molecule has 4 radical (unpaired) electrons. The van der Waals surface area contributed by atoms with Crippen LogP contribution in [0.5, 0.6) is 0 Å². The Bertz CT molecular complexity index is 1300. The van der Waals surface area contributed by atoms with Crippen molar-refractivity contribution >= 4 is 45.5 Å². The summed E-state index contributed by atoms with van der Waals surface area (Å²) < 4.78 is 24.3. The van der Waals surface area contributed by atoms with Crippen molar-refractivity contribution in [2.75, 3.05) is 39.6 Å². The van der Waals surface area contributed by atoms with Gasteiger partial charge < -0.3 is 10.6 Å². The number of nitrogens with zero attached hydrogens (tertiary/aromatic N) is 6. The van der Waals surface area contributed by atoms with Crippen molar-refractivity contribution in [1.29, 1.82) is 0 Å². The molecule has 1 fully saturated rings. The van der Waals surface area contributed by atoms with E-state index in [1.165, 1.54) is 0 Å². The van der Waals surface area contributed by atoms with E-state index in [2.05, 4.69) is 51.8 Å². The zero-order valence-electron chi connectivity index (χ0n) is 28.9. The Morgan fingerprint density at radius 2 is 1.78 bits per heavy atom. The summed E-state index contributed by atoms with van der Waals surface area (Å²) in [6.07, 6.45) is 4.46. The van der Waals surface area contributed by atoms with Crippen LogP contribution < -0.4 is 5.73 Å².